The third-order valence-corrected chi connectivity index (χ3v) is 5.80. The zero-order valence-electron chi connectivity index (χ0n) is 19.6. The first-order chi connectivity index (χ1) is 15.8. The van der Waals surface area contributed by atoms with Crippen LogP contribution in [-0.2, 0) is 6.54 Å². The van der Waals surface area contributed by atoms with Gasteiger partial charge in [-0.25, -0.2) is 9.78 Å². The summed E-state index contributed by atoms with van der Waals surface area (Å²) in [7, 11) is 5.77. The predicted molar refractivity (Wildman–Crippen MR) is 132 cm³/mol. The van der Waals surface area contributed by atoms with Crippen molar-refractivity contribution in [3.63, 3.8) is 0 Å². The van der Waals surface area contributed by atoms with Gasteiger partial charge in [0.15, 0.2) is 0 Å². The number of carboxylic acids is 1. The van der Waals surface area contributed by atoms with E-state index in [0.29, 0.717) is 5.56 Å². The van der Waals surface area contributed by atoms with Crippen molar-refractivity contribution in [3.05, 3.63) is 71.4 Å². The predicted octanol–water partition coefficient (Wildman–Crippen LogP) is 5.79. The molecule has 4 rings (SSSR count). The number of hydrogen-bond acceptors (Lipinski definition) is 4. The summed E-state index contributed by atoms with van der Waals surface area (Å²) < 4.78 is 5.64. The maximum Gasteiger partial charge on any atom is 0.335 e. The number of ether oxygens (including phenoxy) is 1. The van der Waals surface area contributed by atoms with E-state index >= 15 is 0 Å². The van der Waals surface area contributed by atoms with Gasteiger partial charge >= 0.3 is 5.97 Å². The number of aromatic carboxylic acids is 1. The number of hydrogen-bond donors (Lipinski definition) is 2. The zero-order chi connectivity index (χ0) is 23.7. The van der Waals surface area contributed by atoms with Gasteiger partial charge in [-0.3, -0.25) is 0 Å². The molecule has 0 spiro atoms. The fraction of sp³-hybridized carbons (Fsp3) is 0.259. The number of benzene rings is 2. The minimum atomic E-state index is -0.904. The van der Waals surface area contributed by atoms with E-state index in [9.17, 15) is 9.90 Å². The topological polar surface area (TPSA) is 78.4 Å². The van der Waals surface area contributed by atoms with E-state index in [1.54, 1.807) is 19.4 Å². The third kappa shape index (κ3) is 4.47. The van der Waals surface area contributed by atoms with Crippen molar-refractivity contribution < 1.29 is 14.6 Å². The van der Waals surface area contributed by atoms with E-state index in [1.165, 1.54) is 5.56 Å². The minimum absolute atomic E-state index is 0.0962. The molecular weight excluding hydrogens is 414 g/mol. The van der Waals surface area contributed by atoms with E-state index in [4.69, 9.17) is 4.74 Å². The normalized spacial score (nSPS) is 11.5. The van der Waals surface area contributed by atoms with Gasteiger partial charge in [0, 0.05) is 23.7 Å². The summed E-state index contributed by atoms with van der Waals surface area (Å²) >= 11 is 0. The fourth-order valence-electron chi connectivity index (χ4n) is 4.26. The summed E-state index contributed by atoms with van der Waals surface area (Å²) in [5.41, 5.74) is 7.00. The van der Waals surface area contributed by atoms with Crippen LogP contribution in [0.2, 0.25) is 0 Å². The lowest BCUT2D eigenvalue weighted by atomic mass is 9.92. The van der Waals surface area contributed by atoms with Gasteiger partial charge in [-0.2, -0.15) is 0 Å². The summed E-state index contributed by atoms with van der Waals surface area (Å²) in [5, 5.41) is 10.6. The molecule has 0 atom stereocenters. The Bertz CT molecular complexity index is 1320. The molecule has 2 aromatic heterocycles. The summed E-state index contributed by atoms with van der Waals surface area (Å²) in [5.74, 6) is -0.0175. The summed E-state index contributed by atoms with van der Waals surface area (Å²) in [6, 6.07) is 15.8. The van der Waals surface area contributed by atoms with E-state index in [1.807, 2.05) is 52.2 Å². The highest BCUT2D eigenvalue weighted by Gasteiger charge is 2.17. The average molecular weight is 444 g/mol. The van der Waals surface area contributed by atoms with Gasteiger partial charge in [-0.15, -0.1) is 0 Å². The monoisotopic (exact) mass is 443 g/mol. The maximum absolute atomic E-state index is 11.7. The van der Waals surface area contributed by atoms with Crippen molar-refractivity contribution in [2.24, 2.45) is 0 Å². The zero-order valence-corrected chi connectivity index (χ0v) is 19.6. The molecule has 0 aliphatic rings. The molecule has 0 radical (unpaired) electrons. The Balaban J connectivity index is 1.86. The summed E-state index contributed by atoms with van der Waals surface area (Å²) in [6.07, 6.45) is 1.78. The number of carbonyl (C=O) groups is 1. The lowest BCUT2D eigenvalue weighted by Crippen LogP contribution is -2.10. The van der Waals surface area contributed by atoms with Crippen molar-refractivity contribution in [1.29, 1.82) is 0 Å². The van der Waals surface area contributed by atoms with E-state index in [2.05, 4.69) is 33.1 Å². The molecule has 6 nitrogen and oxygen atoms in total. The van der Waals surface area contributed by atoms with Gasteiger partial charge in [0.05, 0.1) is 18.4 Å². The number of rotatable bonds is 7. The van der Waals surface area contributed by atoms with E-state index in [0.717, 1.165) is 51.3 Å². The van der Waals surface area contributed by atoms with Crippen LogP contribution in [0.5, 0.6) is 5.75 Å². The fourth-order valence-corrected chi connectivity index (χ4v) is 4.26. The molecular formula is C27H29N3O3. The highest BCUT2D eigenvalue weighted by molar-refractivity contribution is 5.98. The molecule has 0 aliphatic heterocycles. The second-order valence-electron chi connectivity index (χ2n) is 8.84. The molecule has 2 aromatic carbocycles. The molecule has 0 aliphatic carbocycles. The molecule has 0 amide bonds. The van der Waals surface area contributed by atoms with Gasteiger partial charge in [-0.1, -0.05) is 32.0 Å². The second-order valence-corrected chi connectivity index (χ2v) is 8.84. The lowest BCUT2D eigenvalue weighted by molar-refractivity contribution is 0.0695. The van der Waals surface area contributed by atoms with Crippen LogP contribution in [0, 0.1) is 0 Å². The Hall–Kier alpha value is -3.64. The molecule has 0 fully saturated rings. The lowest BCUT2D eigenvalue weighted by Gasteiger charge is -2.13. The molecule has 0 unspecified atom stereocenters. The number of aromatic amines is 1. The van der Waals surface area contributed by atoms with Crippen LogP contribution in [0.25, 0.3) is 33.4 Å². The van der Waals surface area contributed by atoms with Gasteiger partial charge in [0.25, 0.3) is 0 Å². The Morgan fingerprint density at radius 2 is 1.88 bits per heavy atom. The minimum Gasteiger partial charge on any atom is -0.496 e. The number of nitrogens with one attached hydrogen (secondary N) is 1. The van der Waals surface area contributed by atoms with Crippen LogP contribution in [-0.4, -0.2) is 47.1 Å². The second kappa shape index (κ2) is 9.08. The van der Waals surface area contributed by atoms with Crippen molar-refractivity contribution >= 4 is 17.0 Å². The average Bonchev–Trinajstić information content (AvgIpc) is 3.22. The van der Waals surface area contributed by atoms with Gasteiger partial charge in [0.1, 0.15) is 11.4 Å². The SMILES string of the molecule is COc1ccc(CN(C)C)cc1-c1cc2c(-c3ccc(C(=O)O)c(C(C)C)c3)ccnc2[nH]1. The highest BCUT2D eigenvalue weighted by atomic mass is 16.5. The Morgan fingerprint density at radius 1 is 1.09 bits per heavy atom. The first-order valence-electron chi connectivity index (χ1n) is 11.0. The molecule has 4 aromatic rings. The molecule has 0 saturated heterocycles. The van der Waals surface area contributed by atoms with Crippen LogP contribution >= 0.6 is 0 Å². The van der Waals surface area contributed by atoms with Crippen LogP contribution in [0.1, 0.15) is 41.3 Å². The summed E-state index contributed by atoms with van der Waals surface area (Å²) in [4.78, 5) is 21.8. The summed E-state index contributed by atoms with van der Waals surface area (Å²) in [6.45, 7) is 4.85. The van der Waals surface area contributed by atoms with Gasteiger partial charge in [0.2, 0.25) is 0 Å². The van der Waals surface area contributed by atoms with Crippen LogP contribution in [0.3, 0.4) is 0 Å². The van der Waals surface area contributed by atoms with E-state index < -0.39 is 5.97 Å². The van der Waals surface area contributed by atoms with Crippen LogP contribution < -0.4 is 4.74 Å². The Kier molecular flexibility index (Phi) is 6.20. The molecule has 6 heteroatoms. The molecule has 2 heterocycles. The maximum atomic E-state index is 11.7. The number of nitrogens with zero attached hydrogens (tertiary/aromatic N) is 2. The number of carboxylic acid groups (broad SMARTS) is 1. The number of aromatic nitrogens is 2. The number of H-pyrrole nitrogens is 1. The molecule has 0 bridgehead atoms. The molecule has 170 valence electrons. The first-order valence-corrected chi connectivity index (χ1v) is 11.0. The molecule has 2 N–H and O–H groups in total. The largest absolute Gasteiger partial charge is 0.496 e. The van der Waals surface area contributed by atoms with E-state index in [-0.39, 0.29) is 5.92 Å². The number of methoxy groups -OCH3 is 1. The standard InChI is InChI=1S/C27H29N3O3/c1-16(2)21-13-18(7-8-20(21)27(31)32)19-10-11-28-26-22(19)14-24(29-26)23-12-17(15-30(3)4)6-9-25(23)33-5/h6-14,16H,15H2,1-5H3,(H,28,29)(H,31,32). The Labute approximate surface area is 193 Å². The molecule has 0 saturated carbocycles. The van der Waals surface area contributed by atoms with Crippen molar-refractivity contribution in [2.75, 3.05) is 21.2 Å². The number of fused-ring (bicyclic) bond motifs is 1. The third-order valence-electron chi connectivity index (χ3n) is 5.80. The van der Waals surface area contributed by atoms with Crippen molar-refractivity contribution in [1.82, 2.24) is 14.9 Å². The van der Waals surface area contributed by atoms with Gasteiger partial charge < -0.3 is 19.7 Å². The first kappa shape index (κ1) is 22.6. The van der Waals surface area contributed by atoms with Crippen LogP contribution in [0.4, 0.5) is 0 Å². The van der Waals surface area contributed by atoms with Crippen molar-refractivity contribution in [3.8, 4) is 28.1 Å². The quantitative estimate of drug-likeness (QED) is 0.378. The highest BCUT2D eigenvalue weighted by Crippen LogP contribution is 2.36. The van der Waals surface area contributed by atoms with Gasteiger partial charge in [-0.05, 0) is 72.6 Å². The van der Waals surface area contributed by atoms with Crippen LogP contribution in [0.15, 0.2) is 54.7 Å². The number of pyridine rings is 1. The Morgan fingerprint density at radius 3 is 2.55 bits per heavy atom. The molecule has 33 heavy (non-hydrogen) atoms. The van der Waals surface area contributed by atoms with Crippen molar-refractivity contribution in [2.45, 2.75) is 26.3 Å². The smallest absolute Gasteiger partial charge is 0.335 e.